The Morgan fingerprint density at radius 1 is 1.53 bits per heavy atom. The number of hydrogen-bond acceptors (Lipinski definition) is 3. The lowest BCUT2D eigenvalue weighted by atomic mass is 10.2. The molecule has 1 aromatic carbocycles. The molecule has 0 aromatic heterocycles. The summed E-state index contributed by atoms with van der Waals surface area (Å²) in [5.41, 5.74) is 0.581. The Balaban J connectivity index is 2.73. The van der Waals surface area contributed by atoms with E-state index in [1.165, 1.54) is 0 Å². The molecular formula is C11H13BrO3. The Hall–Kier alpha value is -0.870. The second-order valence-corrected chi connectivity index (χ2v) is 3.93. The van der Waals surface area contributed by atoms with Crippen molar-refractivity contribution in [3.05, 3.63) is 28.2 Å². The van der Waals surface area contributed by atoms with Gasteiger partial charge in [0.1, 0.15) is 12.4 Å². The van der Waals surface area contributed by atoms with Crippen LogP contribution in [0, 0.1) is 0 Å². The van der Waals surface area contributed by atoms with E-state index in [2.05, 4.69) is 15.9 Å². The van der Waals surface area contributed by atoms with Crippen molar-refractivity contribution in [2.24, 2.45) is 0 Å². The van der Waals surface area contributed by atoms with E-state index in [1.807, 2.05) is 6.92 Å². The van der Waals surface area contributed by atoms with E-state index in [9.17, 15) is 4.79 Å². The average molecular weight is 273 g/mol. The van der Waals surface area contributed by atoms with Crippen LogP contribution in [0.1, 0.15) is 17.3 Å². The first-order valence-electron chi connectivity index (χ1n) is 4.58. The molecule has 1 unspecified atom stereocenters. The molecule has 4 heteroatoms. The maximum absolute atomic E-state index is 10.7. The molecule has 0 bridgehead atoms. The number of rotatable bonds is 5. The molecule has 0 saturated heterocycles. The highest BCUT2D eigenvalue weighted by molar-refractivity contribution is 9.10. The van der Waals surface area contributed by atoms with Gasteiger partial charge >= 0.3 is 0 Å². The summed E-state index contributed by atoms with van der Waals surface area (Å²) in [7, 11) is 1.63. The van der Waals surface area contributed by atoms with Gasteiger partial charge in [0.15, 0.2) is 6.29 Å². The standard InChI is InChI=1S/C11H13BrO3/c1-8(14-2)7-15-10-5-3-4-9(6-13)11(10)12/h3-6,8H,7H2,1-2H3. The molecule has 82 valence electrons. The Kier molecular flexibility index (Phi) is 4.78. The number of benzene rings is 1. The number of hydrogen-bond donors (Lipinski definition) is 0. The van der Waals surface area contributed by atoms with Gasteiger partial charge in [0.2, 0.25) is 0 Å². The minimum Gasteiger partial charge on any atom is -0.490 e. The second-order valence-electron chi connectivity index (χ2n) is 3.13. The van der Waals surface area contributed by atoms with Gasteiger partial charge in [-0.3, -0.25) is 4.79 Å². The summed E-state index contributed by atoms with van der Waals surface area (Å²) in [6.07, 6.45) is 0.813. The lowest BCUT2D eigenvalue weighted by Crippen LogP contribution is -2.16. The zero-order chi connectivity index (χ0) is 11.3. The van der Waals surface area contributed by atoms with Crippen molar-refractivity contribution in [3.63, 3.8) is 0 Å². The molecule has 0 radical (unpaired) electrons. The van der Waals surface area contributed by atoms with Crippen molar-refractivity contribution < 1.29 is 14.3 Å². The average Bonchev–Trinajstić information content (AvgIpc) is 2.27. The summed E-state index contributed by atoms with van der Waals surface area (Å²) in [5, 5.41) is 0. The summed E-state index contributed by atoms with van der Waals surface area (Å²) in [5.74, 6) is 0.656. The molecule has 3 nitrogen and oxygen atoms in total. The van der Waals surface area contributed by atoms with Crippen LogP contribution in [-0.2, 0) is 4.74 Å². The zero-order valence-corrected chi connectivity index (χ0v) is 10.3. The van der Waals surface area contributed by atoms with E-state index in [4.69, 9.17) is 9.47 Å². The normalized spacial score (nSPS) is 12.2. The highest BCUT2D eigenvalue weighted by Crippen LogP contribution is 2.27. The lowest BCUT2D eigenvalue weighted by Gasteiger charge is -2.13. The number of halogens is 1. The lowest BCUT2D eigenvalue weighted by molar-refractivity contribution is 0.0713. The van der Waals surface area contributed by atoms with Crippen molar-refractivity contribution in [2.75, 3.05) is 13.7 Å². The summed E-state index contributed by atoms with van der Waals surface area (Å²) in [6, 6.07) is 5.31. The molecule has 0 aliphatic carbocycles. The van der Waals surface area contributed by atoms with Gasteiger partial charge in [0, 0.05) is 12.7 Å². The van der Waals surface area contributed by atoms with Crippen LogP contribution in [-0.4, -0.2) is 26.1 Å². The molecule has 0 N–H and O–H groups in total. The van der Waals surface area contributed by atoms with Crippen LogP contribution in [0.2, 0.25) is 0 Å². The van der Waals surface area contributed by atoms with Crippen molar-refractivity contribution in [1.82, 2.24) is 0 Å². The van der Waals surface area contributed by atoms with Gasteiger partial charge < -0.3 is 9.47 Å². The molecule has 0 aliphatic rings. The minimum atomic E-state index is 0.0248. The number of carbonyl (C=O) groups is 1. The highest BCUT2D eigenvalue weighted by atomic mass is 79.9. The van der Waals surface area contributed by atoms with E-state index in [1.54, 1.807) is 25.3 Å². The summed E-state index contributed by atoms with van der Waals surface area (Å²) in [6.45, 7) is 2.37. The molecular weight excluding hydrogens is 260 g/mol. The fourth-order valence-corrected chi connectivity index (χ4v) is 1.48. The predicted molar refractivity (Wildman–Crippen MR) is 61.5 cm³/mol. The van der Waals surface area contributed by atoms with Crippen molar-refractivity contribution >= 4 is 22.2 Å². The van der Waals surface area contributed by atoms with Gasteiger partial charge in [-0.2, -0.15) is 0 Å². The third-order valence-corrected chi connectivity index (χ3v) is 2.84. The van der Waals surface area contributed by atoms with E-state index >= 15 is 0 Å². The van der Waals surface area contributed by atoms with Crippen molar-refractivity contribution in [2.45, 2.75) is 13.0 Å². The monoisotopic (exact) mass is 272 g/mol. The highest BCUT2D eigenvalue weighted by Gasteiger charge is 2.07. The molecule has 0 aliphatic heterocycles. The number of aldehydes is 1. The summed E-state index contributed by atoms with van der Waals surface area (Å²) >= 11 is 3.32. The Morgan fingerprint density at radius 2 is 2.27 bits per heavy atom. The molecule has 1 atom stereocenters. The molecule has 0 fully saturated rings. The summed E-state index contributed by atoms with van der Waals surface area (Å²) < 4.78 is 11.2. The molecule has 0 amide bonds. The number of methoxy groups -OCH3 is 1. The fraction of sp³-hybridized carbons (Fsp3) is 0.364. The molecule has 0 spiro atoms. The maximum atomic E-state index is 10.7. The van der Waals surface area contributed by atoms with Crippen LogP contribution < -0.4 is 4.74 Å². The summed E-state index contributed by atoms with van der Waals surface area (Å²) in [4.78, 5) is 10.7. The van der Waals surface area contributed by atoms with Gasteiger partial charge in [0.25, 0.3) is 0 Å². The Bertz CT molecular complexity index is 339. The van der Waals surface area contributed by atoms with Crippen LogP contribution in [0.15, 0.2) is 22.7 Å². The third kappa shape index (κ3) is 3.32. The number of ether oxygens (including phenoxy) is 2. The van der Waals surface area contributed by atoms with E-state index in [-0.39, 0.29) is 6.10 Å². The first-order valence-corrected chi connectivity index (χ1v) is 5.37. The minimum absolute atomic E-state index is 0.0248. The largest absolute Gasteiger partial charge is 0.490 e. The maximum Gasteiger partial charge on any atom is 0.151 e. The number of carbonyl (C=O) groups excluding carboxylic acids is 1. The van der Waals surface area contributed by atoms with Gasteiger partial charge in [-0.05, 0) is 28.9 Å². The first kappa shape index (κ1) is 12.2. The quantitative estimate of drug-likeness (QED) is 0.774. The van der Waals surface area contributed by atoms with Crippen LogP contribution in [0.25, 0.3) is 0 Å². The van der Waals surface area contributed by atoms with Gasteiger partial charge in [-0.25, -0.2) is 0 Å². The zero-order valence-electron chi connectivity index (χ0n) is 8.70. The SMILES string of the molecule is COC(C)COc1cccc(C=O)c1Br. The van der Waals surface area contributed by atoms with E-state index in [0.717, 1.165) is 6.29 Å². The topological polar surface area (TPSA) is 35.5 Å². The molecule has 0 heterocycles. The molecule has 1 rings (SSSR count). The van der Waals surface area contributed by atoms with Crippen LogP contribution in [0.3, 0.4) is 0 Å². The molecule has 0 saturated carbocycles. The first-order chi connectivity index (χ1) is 7.19. The van der Waals surface area contributed by atoms with Gasteiger partial charge in [0.05, 0.1) is 10.6 Å². The van der Waals surface area contributed by atoms with Gasteiger partial charge in [-0.1, -0.05) is 12.1 Å². The molecule has 1 aromatic rings. The van der Waals surface area contributed by atoms with E-state index < -0.39 is 0 Å². The predicted octanol–water partition coefficient (Wildman–Crippen LogP) is 2.68. The van der Waals surface area contributed by atoms with Crippen molar-refractivity contribution in [1.29, 1.82) is 0 Å². The van der Waals surface area contributed by atoms with Crippen LogP contribution in [0.5, 0.6) is 5.75 Å². The fourth-order valence-electron chi connectivity index (χ4n) is 1.01. The molecule has 15 heavy (non-hydrogen) atoms. The van der Waals surface area contributed by atoms with Crippen molar-refractivity contribution in [3.8, 4) is 5.75 Å². The Labute approximate surface area is 97.5 Å². The van der Waals surface area contributed by atoms with E-state index in [0.29, 0.717) is 22.4 Å². The second kappa shape index (κ2) is 5.88. The smallest absolute Gasteiger partial charge is 0.151 e. The van der Waals surface area contributed by atoms with Crippen LogP contribution >= 0.6 is 15.9 Å². The Morgan fingerprint density at radius 3 is 2.87 bits per heavy atom. The van der Waals surface area contributed by atoms with Gasteiger partial charge in [-0.15, -0.1) is 0 Å². The third-order valence-electron chi connectivity index (χ3n) is 2.00. The van der Waals surface area contributed by atoms with Crippen LogP contribution in [0.4, 0.5) is 0 Å².